The predicted octanol–water partition coefficient (Wildman–Crippen LogP) is 3.67. The molecule has 0 fully saturated rings. The smallest absolute Gasteiger partial charge is 0.371 e. The van der Waals surface area contributed by atoms with E-state index in [1.807, 2.05) is 32.0 Å². The zero-order valence-electron chi connectivity index (χ0n) is 12.5. The second kappa shape index (κ2) is 6.81. The maximum absolute atomic E-state index is 10.8. The zero-order chi connectivity index (χ0) is 16.1. The Kier molecular flexibility index (Phi) is 4.84. The van der Waals surface area contributed by atoms with E-state index in [0.29, 0.717) is 18.8 Å². The fourth-order valence-corrected chi connectivity index (χ4v) is 2.09. The molecular weight excluding hydrogens is 282 g/mol. The van der Waals surface area contributed by atoms with Crippen LogP contribution < -0.4 is 4.74 Å². The van der Waals surface area contributed by atoms with Crippen molar-refractivity contribution in [2.45, 2.75) is 26.2 Å². The van der Waals surface area contributed by atoms with E-state index < -0.39 is 11.9 Å². The van der Waals surface area contributed by atoms with Crippen LogP contribution >= 0.6 is 0 Å². The van der Waals surface area contributed by atoms with Gasteiger partial charge in [-0.3, -0.25) is 0 Å². The lowest BCUT2D eigenvalue weighted by atomic mass is 10.1. The summed E-state index contributed by atoms with van der Waals surface area (Å²) in [4.78, 5) is 10.8. The zero-order valence-corrected chi connectivity index (χ0v) is 12.5. The predicted molar refractivity (Wildman–Crippen MR) is 80.0 cm³/mol. The summed E-state index contributed by atoms with van der Waals surface area (Å²) in [6.45, 7) is 4.35. The van der Waals surface area contributed by atoms with Gasteiger partial charge in [0.05, 0.1) is 12.7 Å². The molecule has 0 radical (unpaired) electrons. The molecule has 1 aromatic heterocycles. The molecule has 0 saturated heterocycles. The summed E-state index contributed by atoms with van der Waals surface area (Å²) in [5, 5.41) is 18.0. The first-order chi connectivity index (χ1) is 10.5. The monoisotopic (exact) mass is 299 g/mol. The molecule has 0 amide bonds. The van der Waals surface area contributed by atoms with Crippen molar-refractivity contribution in [2.24, 2.45) is 0 Å². The Hall–Kier alpha value is -2.74. The molecule has 0 spiro atoms. The fourth-order valence-electron chi connectivity index (χ4n) is 2.09. The van der Waals surface area contributed by atoms with Crippen molar-refractivity contribution < 1.29 is 19.1 Å². The number of carboxylic acids is 1. The highest BCUT2D eigenvalue weighted by Gasteiger charge is 2.18. The molecule has 1 aromatic carbocycles. The Labute approximate surface area is 128 Å². The molecule has 114 valence electrons. The number of nitrogens with zero attached hydrogens (tertiary/aromatic N) is 1. The highest BCUT2D eigenvalue weighted by Crippen LogP contribution is 2.24. The SMILES string of the molecule is Cc1cccc(OCCC(C#N)c2ccc(C(=O)O)o2)c1C. The number of carbonyl (C=O) groups is 1. The summed E-state index contributed by atoms with van der Waals surface area (Å²) in [5.41, 5.74) is 2.22. The summed E-state index contributed by atoms with van der Waals surface area (Å²) in [6, 6.07) is 10.8. The Morgan fingerprint density at radius 2 is 2.14 bits per heavy atom. The summed E-state index contributed by atoms with van der Waals surface area (Å²) >= 11 is 0. The first-order valence-electron chi connectivity index (χ1n) is 6.94. The van der Waals surface area contributed by atoms with Crippen LogP contribution in [0.15, 0.2) is 34.7 Å². The molecule has 0 bridgehead atoms. The van der Waals surface area contributed by atoms with Crippen LogP contribution in [0.1, 0.15) is 39.8 Å². The summed E-state index contributed by atoms with van der Waals surface area (Å²) in [6.07, 6.45) is 0.427. The topological polar surface area (TPSA) is 83.5 Å². The molecule has 0 aliphatic heterocycles. The number of aryl methyl sites for hydroxylation is 1. The van der Waals surface area contributed by atoms with Gasteiger partial charge in [-0.05, 0) is 43.2 Å². The average Bonchev–Trinajstić information content (AvgIpc) is 2.98. The Morgan fingerprint density at radius 1 is 1.36 bits per heavy atom. The lowest BCUT2D eigenvalue weighted by Gasteiger charge is -2.12. The van der Waals surface area contributed by atoms with Gasteiger partial charge in [0.2, 0.25) is 5.76 Å². The van der Waals surface area contributed by atoms with E-state index in [0.717, 1.165) is 16.9 Å². The first kappa shape index (κ1) is 15.6. The molecule has 1 N–H and O–H groups in total. The molecule has 1 atom stereocenters. The number of hydrogen-bond acceptors (Lipinski definition) is 4. The van der Waals surface area contributed by atoms with Gasteiger partial charge in [-0.2, -0.15) is 5.26 Å². The van der Waals surface area contributed by atoms with Gasteiger partial charge in [-0.25, -0.2) is 4.79 Å². The van der Waals surface area contributed by atoms with E-state index in [1.165, 1.54) is 12.1 Å². The second-order valence-electron chi connectivity index (χ2n) is 5.02. The molecule has 5 nitrogen and oxygen atoms in total. The highest BCUT2D eigenvalue weighted by molar-refractivity contribution is 5.84. The molecule has 0 saturated carbocycles. The maximum atomic E-state index is 10.8. The summed E-state index contributed by atoms with van der Waals surface area (Å²) in [7, 11) is 0. The summed E-state index contributed by atoms with van der Waals surface area (Å²) in [5.74, 6) is -0.690. The third-order valence-corrected chi connectivity index (χ3v) is 3.56. The van der Waals surface area contributed by atoms with Gasteiger partial charge in [0.1, 0.15) is 17.4 Å². The van der Waals surface area contributed by atoms with Gasteiger partial charge in [-0.15, -0.1) is 0 Å². The lowest BCUT2D eigenvalue weighted by molar-refractivity contribution is 0.0660. The maximum Gasteiger partial charge on any atom is 0.371 e. The third kappa shape index (κ3) is 3.47. The van der Waals surface area contributed by atoms with Crippen LogP contribution in [0.25, 0.3) is 0 Å². The first-order valence-corrected chi connectivity index (χ1v) is 6.94. The highest BCUT2D eigenvalue weighted by atomic mass is 16.5. The van der Waals surface area contributed by atoms with Crippen molar-refractivity contribution >= 4 is 5.97 Å². The van der Waals surface area contributed by atoms with Crippen molar-refractivity contribution in [3.05, 3.63) is 53.0 Å². The van der Waals surface area contributed by atoms with Crippen molar-refractivity contribution in [2.75, 3.05) is 6.61 Å². The van der Waals surface area contributed by atoms with Crippen molar-refractivity contribution in [3.63, 3.8) is 0 Å². The van der Waals surface area contributed by atoms with Crippen molar-refractivity contribution in [1.29, 1.82) is 5.26 Å². The average molecular weight is 299 g/mol. The van der Waals surface area contributed by atoms with E-state index in [4.69, 9.17) is 14.3 Å². The molecular formula is C17H17NO4. The van der Waals surface area contributed by atoms with E-state index in [-0.39, 0.29) is 5.76 Å². The molecule has 2 aromatic rings. The van der Waals surface area contributed by atoms with Crippen LogP contribution in [-0.4, -0.2) is 17.7 Å². The number of furan rings is 1. The Bertz CT molecular complexity index is 712. The van der Waals surface area contributed by atoms with Crippen LogP contribution in [0.4, 0.5) is 0 Å². The molecule has 22 heavy (non-hydrogen) atoms. The van der Waals surface area contributed by atoms with Crippen LogP contribution in [0.2, 0.25) is 0 Å². The number of benzene rings is 1. The second-order valence-corrected chi connectivity index (χ2v) is 5.02. The third-order valence-electron chi connectivity index (χ3n) is 3.56. The van der Waals surface area contributed by atoms with Crippen LogP contribution in [0, 0.1) is 25.2 Å². The van der Waals surface area contributed by atoms with E-state index >= 15 is 0 Å². The number of carboxylic acid groups (broad SMARTS) is 1. The van der Waals surface area contributed by atoms with Gasteiger partial charge < -0.3 is 14.3 Å². The van der Waals surface area contributed by atoms with Crippen LogP contribution in [0.5, 0.6) is 5.75 Å². The number of ether oxygens (including phenoxy) is 1. The van der Waals surface area contributed by atoms with E-state index in [9.17, 15) is 10.1 Å². The Balaban J connectivity index is 1.98. The minimum absolute atomic E-state index is 0.161. The van der Waals surface area contributed by atoms with Crippen LogP contribution in [0.3, 0.4) is 0 Å². The molecule has 2 rings (SSSR count). The Morgan fingerprint density at radius 3 is 2.77 bits per heavy atom. The number of rotatable bonds is 6. The number of aromatic carboxylic acids is 1. The van der Waals surface area contributed by atoms with Gasteiger partial charge >= 0.3 is 5.97 Å². The molecule has 1 heterocycles. The molecule has 1 unspecified atom stereocenters. The van der Waals surface area contributed by atoms with Gasteiger partial charge in [-0.1, -0.05) is 12.1 Å². The standard InChI is InChI=1S/C17H17NO4/c1-11-4-3-5-14(12(11)2)21-9-8-13(10-18)15-6-7-16(22-15)17(19)20/h3-7,13H,8-9H2,1-2H3,(H,19,20). The van der Waals surface area contributed by atoms with E-state index in [2.05, 4.69) is 6.07 Å². The summed E-state index contributed by atoms with van der Waals surface area (Å²) < 4.78 is 10.9. The number of nitriles is 1. The van der Waals surface area contributed by atoms with Crippen molar-refractivity contribution in [1.82, 2.24) is 0 Å². The quantitative estimate of drug-likeness (QED) is 0.879. The van der Waals surface area contributed by atoms with Crippen LogP contribution in [-0.2, 0) is 0 Å². The van der Waals surface area contributed by atoms with E-state index in [1.54, 1.807) is 0 Å². The van der Waals surface area contributed by atoms with Gasteiger partial charge in [0.25, 0.3) is 0 Å². The number of hydrogen-bond donors (Lipinski definition) is 1. The minimum atomic E-state index is -1.14. The largest absolute Gasteiger partial charge is 0.493 e. The molecule has 0 aliphatic carbocycles. The fraction of sp³-hybridized carbons (Fsp3) is 0.294. The van der Waals surface area contributed by atoms with Gasteiger partial charge in [0, 0.05) is 6.42 Å². The van der Waals surface area contributed by atoms with Crippen molar-refractivity contribution in [3.8, 4) is 11.8 Å². The normalized spacial score (nSPS) is 11.7. The molecule has 5 heteroatoms. The molecule has 0 aliphatic rings. The minimum Gasteiger partial charge on any atom is -0.493 e. The van der Waals surface area contributed by atoms with Gasteiger partial charge in [0.15, 0.2) is 0 Å². The lowest BCUT2D eigenvalue weighted by Crippen LogP contribution is -2.05.